The van der Waals surface area contributed by atoms with Crippen molar-refractivity contribution in [1.82, 2.24) is 20.0 Å². The van der Waals surface area contributed by atoms with Gasteiger partial charge in [-0.15, -0.1) is 0 Å². The van der Waals surface area contributed by atoms with Crippen molar-refractivity contribution in [3.8, 4) is 0 Å². The van der Waals surface area contributed by atoms with Crippen LogP contribution < -0.4 is 5.32 Å². The monoisotopic (exact) mass is 320 g/mol. The highest BCUT2D eigenvalue weighted by atomic mass is 16.1. The molecule has 1 amide bonds. The molecule has 1 aromatic rings. The lowest BCUT2D eigenvalue weighted by atomic mass is 9.88. The summed E-state index contributed by atoms with van der Waals surface area (Å²) in [6.45, 7) is 15.8. The number of carbonyl (C=O) groups is 1. The molecular weight excluding hydrogens is 288 g/mol. The molecule has 0 saturated carbocycles. The minimum atomic E-state index is -0.0391. The van der Waals surface area contributed by atoms with Crippen molar-refractivity contribution in [2.75, 3.05) is 19.6 Å². The first-order chi connectivity index (χ1) is 10.6. The van der Waals surface area contributed by atoms with E-state index in [1.165, 1.54) is 6.42 Å². The Hall–Kier alpha value is -1.36. The first-order valence-electron chi connectivity index (χ1n) is 8.65. The molecule has 0 unspecified atom stereocenters. The zero-order valence-corrected chi connectivity index (χ0v) is 15.7. The average Bonchev–Trinajstić information content (AvgIpc) is 2.69. The molecule has 0 aromatic carbocycles. The SMILES string of the molecule is Cc1nn(C)c(C)c1C(=O)NCC(C)(C)N1C[C@@H](C)C[C@H](C)C1. The Bertz CT molecular complexity index is 566. The fourth-order valence-electron chi connectivity index (χ4n) is 3.76. The van der Waals surface area contributed by atoms with Crippen LogP contribution in [0.25, 0.3) is 0 Å². The van der Waals surface area contributed by atoms with Crippen molar-refractivity contribution in [2.45, 2.75) is 53.5 Å². The molecule has 0 radical (unpaired) electrons. The van der Waals surface area contributed by atoms with E-state index in [4.69, 9.17) is 0 Å². The number of hydrogen-bond donors (Lipinski definition) is 1. The molecule has 2 atom stereocenters. The van der Waals surface area contributed by atoms with Crippen LogP contribution in [0.2, 0.25) is 0 Å². The zero-order valence-electron chi connectivity index (χ0n) is 15.7. The average molecular weight is 320 g/mol. The van der Waals surface area contributed by atoms with Gasteiger partial charge in [0.15, 0.2) is 0 Å². The van der Waals surface area contributed by atoms with Gasteiger partial charge in [0.25, 0.3) is 5.91 Å². The van der Waals surface area contributed by atoms with E-state index in [0.717, 1.165) is 36.3 Å². The van der Waals surface area contributed by atoms with E-state index >= 15 is 0 Å². The van der Waals surface area contributed by atoms with E-state index in [1.54, 1.807) is 4.68 Å². The Kier molecular flexibility index (Phi) is 5.19. The normalized spacial score (nSPS) is 23.1. The number of nitrogens with one attached hydrogen (secondary N) is 1. The summed E-state index contributed by atoms with van der Waals surface area (Å²) in [6.07, 6.45) is 1.30. The van der Waals surface area contributed by atoms with Crippen LogP contribution in [0.3, 0.4) is 0 Å². The van der Waals surface area contributed by atoms with Crippen molar-refractivity contribution in [3.63, 3.8) is 0 Å². The van der Waals surface area contributed by atoms with E-state index in [0.29, 0.717) is 12.1 Å². The minimum Gasteiger partial charge on any atom is -0.350 e. The third-order valence-electron chi connectivity index (χ3n) is 5.14. The quantitative estimate of drug-likeness (QED) is 0.927. The van der Waals surface area contributed by atoms with Gasteiger partial charge >= 0.3 is 0 Å². The second-order valence-corrected chi connectivity index (χ2v) is 8.02. The van der Waals surface area contributed by atoms with E-state index in [2.05, 4.69) is 43.0 Å². The Labute approximate surface area is 140 Å². The number of hydrogen-bond acceptors (Lipinski definition) is 3. The fraction of sp³-hybridized carbons (Fsp3) is 0.778. The second kappa shape index (κ2) is 6.63. The molecule has 0 aliphatic carbocycles. The van der Waals surface area contributed by atoms with Gasteiger partial charge in [-0.05, 0) is 46.0 Å². The number of carbonyl (C=O) groups excluding carboxylic acids is 1. The summed E-state index contributed by atoms with van der Waals surface area (Å²) < 4.78 is 1.77. The van der Waals surface area contributed by atoms with E-state index in [-0.39, 0.29) is 11.4 Å². The van der Waals surface area contributed by atoms with Crippen LogP contribution in [-0.2, 0) is 7.05 Å². The predicted molar refractivity (Wildman–Crippen MR) is 93.6 cm³/mol. The maximum atomic E-state index is 12.6. The van der Waals surface area contributed by atoms with Crippen LogP contribution in [0.1, 0.15) is 55.9 Å². The van der Waals surface area contributed by atoms with Gasteiger partial charge in [-0.25, -0.2) is 0 Å². The van der Waals surface area contributed by atoms with E-state index < -0.39 is 0 Å². The number of aryl methyl sites for hydroxylation is 2. The lowest BCUT2D eigenvalue weighted by Crippen LogP contribution is -2.56. The molecule has 130 valence electrons. The van der Waals surface area contributed by atoms with Crippen molar-refractivity contribution in [1.29, 1.82) is 0 Å². The molecular formula is C18H32N4O. The number of piperidine rings is 1. The molecule has 2 heterocycles. The lowest BCUT2D eigenvalue weighted by Gasteiger charge is -2.45. The van der Waals surface area contributed by atoms with Crippen LogP contribution in [0, 0.1) is 25.7 Å². The van der Waals surface area contributed by atoms with Gasteiger partial charge in [0.2, 0.25) is 0 Å². The number of amides is 1. The molecule has 5 heteroatoms. The highest BCUT2D eigenvalue weighted by molar-refractivity contribution is 5.96. The Morgan fingerprint density at radius 2 is 1.83 bits per heavy atom. The Morgan fingerprint density at radius 1 is 1.26 bits per heavy atom. The standard InChI is InChI=1S/C18H32N4O/c1-12-8-13(2)10-22(9-12)18(5,6)11-19-17(23)16-14(3)20-21(7)15(16)4/h12-13H,8-11H2,1-7H3,(H,19,23)/t12-,13-/m0/s1. The second-order valence-electron chi connectivity index (χ2n) is 8.02. The van der Waals surface area contributed by atoms with Crippen LogP contribution >= 0.6 is 0 Å². The molecule has 1 N–H and O–H groups in total. The minimum absolute atomic E-state index is 0.0146. The summed E-state index contributed by atoms with van der Waals surface area (Å²) in [4.78, 5) is 15.1. The van der Waals surface area contributed by atoms with Crippen LogP contribution in [0.5, 0.6) is 0 Å². The first-order valence-corrected chi connectivity index (χ1v) is 8.65. The summed E-state index contributed by atoms with van der Waals surface area (Å²) in [5.41, 5.74) is 2.38. The molecule has 23 heavy (non-hydrogen) atoms. The van der Waals surface area contributed by atoms with Crippen molar-refractivity contribution < 1.29 is 4.79 Å². The number of nitrogens with zero attached hydrogens (tertiary/aromatic N) is 3. The van der Waals surface area contributed by atoms with Gasteiger partial charge in [-0.2, -0.15) is 5.10 Å². The highest BCUT2D eigenvalue weighted by Gasteiger charge is 2.33. The van der Waals surface area contributed by atoms with Crippen LogP contribution in [-0.4, -0.2) is 45.8 Å². The van der Waals surface area contributed by atoms with Gasteiger partial charge in [0.05, 0.1) is 11.3 Å². The van der Waals surface area contributed by atoms with Crippen LogP contribution in [0.15, 0.2) is 0 Å². The maximum absolute atomic E-state index is 12.6. The molecule has 0 spiro atoms. The largest absolute Gasteiger partial charge is 0.350 e. The molecule has 1 saturated heterocycles. The fourth-order valence-corrected chi connectivity index (χ4v) is 3.76. The molecule has 1 aromatic heterocycles. The molecule has 1 fully saturated rings. The van der Waals surface area contributed by atoms with E-state index in [1.807, 2.05) is 20.9 Å². The van der Waals surface area contributed by atoms with Crippen LogP contribution in [0.4, 0.5) is 0 Å². The highest BCUT2D eigenvalue weighted by Crippen LogP contribution is 2.27. The van der Waals surface area contributed by atoms with Crippen molar-refractivity contribution in [2.24, 2.45) is 18.9 Å². The van der Waals surface area contributed by atoms with Gasteiger partial charge in [-0.3, -0.25) is 14.4 Å². The molecule has 2 rings (SSSR count). The maximum Gasteiger partial charge on any atom is 0.255 e. The van der Waals surface area contributed by atoms with Gasteiger partial charge < -0.3 is 5.32 Å². The molecule has 5 nitrogen and oxygen atoms in total. The number of rotatable bonds is 4. The summed E-state index contributed by atoms with van der Waals surface area (Å²) >= 11 is 0. The van der Waals surface area contributed by atoms with Gasteiger partial charge in [0, 0.05) is 37.9 Å². The first kappa shape index (κ1) is 18.0. The predicted octanol–water partition coefficient (Wildman–Crippen LogP) is 2.52. The summed E-state index contributed by atoms with van der Waals surface area (Å²) in [6, 6.07) is 0. The third-order valence-corrected chi connectivity index (χ3v) is 5.14. The number of aromatic nitrogens is 2. The summed E-state index contributed by atoms with van der Waals surface area (Å²) in [5.74, 6) is 1.42. The molecule has 1 aliphatic rings. The zero-order chi connectivity index (χ0) is 17.4. The van der Waals surface area contributed by atoms with Gasteiger partial charge in [0.1, 0.15) is 0 Å². The Balaban J connectivity index is 2.02. The summed E-state index contributed by atoms with van der Waals surface area (Å²) in [7, 11) is 1.87. The van der Waals surface area contributed by atoms with Crippen molar-refractivity contribution >= 4 is 5.91 Å². The summed E-state index contributed by atoms with van der Waals surface area (Å²) in [5, 5.41) is 7.46. The Morgan fingerprint density at radius 3 is 2.30 bits per heavy atom. The topological polar surface area (TPSA) is 50.2 Å². The smallest absolute Gasteiger partial charge is 0.255 e. The molecule has 1 aliphatic heterocycles. The molecule has 0 bridgehead atoms. The third kappa shape index (κ3) is 3.94. The van der Waals surface area contributed by atoms with E-state index in [9.17, 15) is 4.79 Å². The van der Waals surface area contributed by atoms with Gasteiger partial charge in [-0.1, -0.05) is 13.8 Å². The lowest BCUT2D eigenvalue weighted by molar-refractivity contribution is 0.0445. The van der Waals surface area contributed by atoms with Crippen molar-refractivity contribution in [3.05, 3.63) is 17.0 Å². The number of likely N-dealkylation sites (tertiary alicyclic amines) is 1.